The predicted octanol–water partition coefficient (Wildman–Crippen LogP) is 4.62. The van der Waals surface area contributed by atoms with E-state index in [2.05, 4.69) is 36.3 Å². The van der Waals surface area contributed by atoms with Crippen LogP contribution in [0.4, 0.5) is 0 Å². The second-order valence-corrected chi connectivity index (χ2v) is 6.57. The standard InChI is InChI=1S/C18H23NOS/c1-15(2)19(14-17-10-7-13-21-17)12-6-11-18(20)16-8-4-3-5-9-16/h3-5,7-10,13,15H,6,11-12,14H2,1-2H3. The second-order valence-electron chi connectivity index (χ2n) is 5.54. The lowest BCUT2D eigenvalue weighted by molar-refractivity contribution is 0.0971. The number of hydrogen-bond donors (Lipinski definition) is 0. The van der Waals surface area contributed by atoms with Crippen LogP contribution in [-0.2, 0) is 6.54 Å². The third-order valence-electron chi connectivity index (χ3n) is 3.61. The minimum absolute atomic E-state index is 0.246. The quantitative estimate of drug-likeness (QED) is 0.663. The summed E-state index contributed by atoms with van der Waals surface area (Å²) in [5, 5.41) is 2.12. The van der Waals surface area contributed by atoms with E-state index in [1.54, 1.807) is 11.3 Å². The first-order chi connectivity index (χ1) is 10.2. The van der Waals surface area contributed by atoms with Crippen molar-refractivity contribution in [3.8, 4) is 0 Å². The molecule has 0 atom stereocenters. The van der Waals surface area contributed by atoms with Gasteiger partial charge in [0.1, 0.15) is 0 Å². The predicted molar refractivity (Wildman–Crippen MR) is 89.9 cm³/mol. The Kier molecular flexibility index (Phi) is 6.15. The molecule has 0 N–H and O–H groups in total. The van der Waals surface area contributed by atoms with Crippen LogP contribution in [-0.4, -0.2) is 23.3 Å². The number of ketones is 1. The van der Waals surface area contributed by atoms with Crippen LogP contribution in [0.15, 0.2) is 47.8 Å². The number of Topliss-reactive ketones (excluding diaryl/α,β-unsaturated/α-hetero) is 1. The Morgan fingerprint density at radius 2 is 1.90 bits per heavy atom. The largest absolute Gasteiger partial charge is 0.296 e. The first-order valence-corrected chi connectivity index (χ1v) is 8.39. The normalized spacial score (nSPS) is 11.2. The van der Waals surface area contributed by atoms with Gasteiger partial charge >= 0.3 is 0 Å². The van der Waals surface area contributed by atoms with Gasteiger partial charge in [-0.05, 0) is 38.3 Å². The van der Waals surface area contributed by atoms with E-state index in [0.29, 0.717) is 12.5 Å². The van der Waals surface area contributed by atoms with Crippen molar-refractivity contribution in [2.75, 3.05) is 6.54 Å². The van der Waals surface area contributed by atoms with Gasteiger partial charge in [0.05, 0.1) is 0 Å². The van der Waals surface area contributed by atoms with E-state index in [-0.39, 0.29) is 5.78 Å². The summed E-state index contributed by atoms with van der Waals surface area (Å²) in [5.41, 5.74) is 0.826. The summed E-state index contributed by atoms with van der Waals surface area (Å²) in [6.07, 6.45) is 1.54. The number of carbonyl (C=O) groups excluding carboxylic acids is 1. The van der Waals surface area contributed by atoms with Gasteiger partial charge in [-0.3, -0.25) is 9.69 Å². The van der Waals surface area contributed by atoms with Crippen LogP contribution in [0.1, 0.15) is 41.9 Å². The van der Waals surface area contributed by atoms with Crippen LogP contribution in [0.3, 0.4) is 0 Å². The molecule has 2 rings (SSSR count). The van der Waals surface area contributed by atoms with Crippen molar-refractivity contribution in [2.24, 2.45) is 0 Å². The molecular formula is C18H23NOS. The Morgan fingerprint density at radius 1 is 1.14 bits per heavy atom. The van der Waals surface area contributed by atoms with E-state index in [1.807, 2.05) is 30.3 Å². The van der Waals surface area contributed by atoms with Gasteiger partial charge in [0.15, 0.2) is 5.78 Å². The molecule has 0 radical (unpaired) electrons. The van der Waals surface area contributed by atoms with Crippen molar-refractivity contribution in [3.63, 3.8) is 0 Å². The Labute approximate surface area is 131 Å². The Bertz CT molecular complexity index is 534. The van der Waals surface area contributed by atoms with E-state index in [4.69, 9.17) is 0 Å². The van der Waals surface area contributed by atoms with Crippen LogP contribution < -0.4 is 0 Å². The third kappa shape index (κ3) is 5.10. The second kappa shape index (κ2) is 8.11. The molecule has 2 nitrogen and oxygen atoms in total. The van der Waals surface area contributed by atoms with E-state index in [9.17, 15) is 4.79 Å². The molecule has 0 saturated carbocycles. The lowest BCUT2D eigenvalue weighted by Gasteiger charge is -2.25. The molecule has 0 fully saturated rings. The number of nitrogens with zero attached hydrogens (tertiary/aromatic N) is 1. The maximum Gasteiger partial charge on any atom is 0.162 e. The highest BCUT2D eigenvalue weighted by Gasteiger charge is 2.12. The van der Waals surface area contributed by atoms with Crippen molar-refractivity contribution < 1.29 is 4.79 Å². The molecule has 0 aliphatic carbocycles. The molecular weight excluding hydrogens is 278 g/mol. The molecule has 0 bridgehead atoms. The molecule has 0 saturated heterocycles. The number of thiophene rings is 1. The fourth-order valence-corrected chi connectivity index (χ4v) is 3.06. The van der Waals surface area contributed by atoms with Crippen molar-refractivity contribution in [3.05, 3.63) is 58.3 Å². The van der Waals surface area contributed by atoms with Gasteiger partial charge in [-0.2, -0.15) is 0 Å². The summed E-state index contributed by atoms with van der Waals surface area (Å²) in [7, 11) is 0. The van der Waals surface area contributed by atoms with Crippen LogP contribution in [0.5, 0.6) is 0 Å². The monoisotopic (exact) mass is 301 g/mol. The average molecular weight is 301 g/mol. The van der Waals surface area contributed by atoms with Gasteiger partial charge in [0, 0.05) is 29.4 Å². The van der Waals surface area contributed by atoms with Gasteiger partial charge in [-0.1, -0.05) is 36.4 Å². The van der Waals surface area contributed by atoms with Crippen LogP contribution in [0.2, 0.25) is 0 Å². The number of rotatable bonds is 8. The van der Waals surface area contributed by atoms with E-state index < -0.39 is 0 Å². The molecule has 0 amide bonds. The summed E-state index contributed by atoms with van der Waals surface area (Å²) in [4.78, 5) is 15.9. The molecule has 0 spiro atoms. The summed E-state index contributed by atoms with van der Waals surface area (Å²) < 4.78 is 0. The molecule has 2 aromatic rings. The Hall–Kier alpha value is -1.45. The SMILES string of the molecule is CC(C)N(CCCC(=O)c1ccccc1)Cc1cccs1. The molecule has 112 valence electrons. The maximum absolute atomic E-state index is 12.1. The Morgan fingerprint density at radius 3 is 2.52 bits per heavy atom. The van der Waals surface area contributed by atoms with E-state index >= 15 is 0 Å². The summed E-state index contributed by atoms with van der Waals surface area (Å²) in [5.74, 6) is 0.246. The van der Waals surface area contributed by atoms with Crippen LogP contribution in [0, 0.1) is 0 Å². The average Bonchev–Trinajstić information content (AvgIpc) is 3.00. The van der Waals surface area contributed by atoms with Crippen LogP contribution in [0.25, 0.3) is 0 Å². The summed E-state index contributed by atoms with van der Waals surface area (Å²) in [6, 6.07) is 14.3. The van der Waals surface area contributed by atoms with Gasteiger partial charge in [-0.15, -0.1) is 11.3 Å². The van der Waals surface area contributed by atoms with Crippen LogP contribution >= 0.6 is 11.3 Å². The van der Waals surface area contributed by atoms with Gasteiger partial charge in [0.25, 0.3) is 0 Å². The topological polar surface area (TPSA) is 20.3 Å². The number of benzene rings is 1. The minimum Gasteiger partial charge on any atom is -0.296 e. The van der Waals surface area contributed by atoms with Crippen molar-refractivity contribution in [2.45, 2.75) is 39.3 Å². The molecule has 0 aliphatic rings. The van der Waals surface area contributed by atoms with Crippen molar-refractivity contribution in [1.82, 2.24) is 4.90 Å². The zero-order chi connectivity index (χ0) is 15.1. The smallest absolute Gasteiger partial charge is 0.162 e. The van der Waals surface area contributed by atoms with Gasteiger partial charge < -0.3 is 0 Å². The number of hydrogen-bond acceptors (Lipinski definition) is 3. The molecule has 3 heteroatoms. The first kappa shape index (κ1) is 15.9. The Balaban J connectivity index is 1.81. The first-order valence-electron chi connectivity index (χ1n) is 7.51. The van der Waals surface area contributed by atoms with Gasteiger partial charge in [0.2, 0.25) is 0 Å². The molecule has 1 aromatic heterocycles. The lowest BCUT2D eigenvalue weighted by Crippen LogP contribution is -2.31. The lowest BCUT2D eigenvalue weighted by atomic mass is 10.1. The molecule has 1 heterocycles. The highest BCUT2D eigenvalue weighted by molar-refractivity contribution is 7.09. The highest BCUT2D eigenvalue weighted by Crippen LogP contribution is 2.15. The van der Waals surface area contributed by atoms with Crippen molar-refractivity contribution in [1.29, 1.82) is 0 Å². The molecule has 21 heavy (non-hydrogen) atoms. The zero-order valence-electron chi connectivity index (χ0n) is 12.8. The molecule has 1 aromatic carbocycles. The third-order valence-corrected chi connectivity index (χ3v) is 4.48. The van der Waals surface area contributed by atoms with Gasteiger partial charge in [-0.25, -0.2) is 0 Å². The van der Waals surface area contributed by atoms with E-state index in [0.717, 1.165) is 25.1 Å². The zero-order valence-corrected chi connectivity index (χ0v) is 13.6. The highest BCUT2D eigenvalue weighted by atomic mass is 32.1. The fraction of sp³-hybridized carbons (Fsp3) is 0.389. The van der Waals surface area contributed by atoms with E-state index in [1.165, 1.54) is 4.88 Å². The molecule has 0 unspecified atom stereocenters. The summed E-state index contributed by atoms with van der Waals surface area (Å²) >= 11 is 1.80. The van der Waals surface area contributed by atoms with Crippen molar-refractivity contribution >= 4 is 17.1 Å². The number of carbonyl (C=O) groups is 1. The molecule has 0 aliphatic heterocycles. The summed E-state index contributed by atoms with van der Waals surface area (Å²) in [6.45, 7) is 6.38. The minimum atomic E-state index is 0.246. The maximum atomic E-state index is 12.1. The fourth-order valence-electron chi connectivity index (χ4n) is 2.33.